The highest BCUT2D eigenvalue weighted by molar-refractivity contribution is 6.15. The molecule has 2 aromatic carbocycles. The summed E-state index contributed by atoms with van der Waals surface area (Å²) < 4.78 is 4.98. The Hall–Kier alpha value is -5.11. The Morgan fingerprint density at radius 1 is 1.03 bits per heavy atom. The number of carbonyl (C=O) groups excluding carboxylic acids is 2. The first kappa shape index (κ1) is 22.7. The molecule has 0 unspecified atom stereocenters. The number of pyridine rings is 2. The van der Waals surface area contributed by atoms with Crippen molar-refractivity contribution in [2.24, 2.45) is 0 Å². The van der Waals surface area contributed by atoms with E-state index in [0.29, 0.717) is 33.5 Å². The van der Waals surface area contributed by atoms with Gasteiger partial charge in [0.25, 0.3) is 11.5 Å². The molecule has 0 aliphatic carbocycles. The molecule has 3 heterocycles. The molecule has 0 atom stereocenters. The number of ketones is 1. The van der Waals surface area contributed by atoms with E-state index in [1.165, 1.54) is 12.1 Å². The Morgan fingerprint density at radius 2 is 1.86 bits per heavy atom. The summed E-state index contributed by atoms with van der Waals surface area (Å²) in [6.45, 7) is 1.70. The van der Waals surface area contributed by atoms with Crippen molar-refractivity contribution >= 4 is 34.4 Å². The number of nitrogens with one attached hydrogen (secondary N) is 2. The Balaban J connectivity index is 1.63. The van der Waals surface area contributed by atoms with E-state index in [4.69, 9.17) is 4.52 Å². The smallest absolute Gasteiger partial charge is 0.277 e. The van der Waals surface area contributed by atoms with E-state index in [1.54, 1.807) is 55.7 Å². The number of H-pyrrole nitrogens is 1. The maximum atomic E-state index is 13.3. The van der Waals surface area contributed by atoms with E-state index in [-0.39, 0.29) is 11.3 Å². The van der Waals surface area contributed by atoms with Gasteiger partial charge in [-0.25, -0.2) is 0 Å². The minimum atomic E-state index is -0.515. The molecule has 0 bridgehead atoms. The molecule has 0 saturated heterocycles. The molecule has 0 aliphatic rings. The van der Waals surface area contributed by atoms with Crippen LogP contribution < -0.4 is 10.9 Å². The fraction of sp³-hybridized carbons (Fsp3) is 0.0357. The van der Waals surface area contributed by atoms with Gasteiger partial charge in [0.15, 0.2) is 11.5 Å². The van der Waals surface area contributed by atoms with E-state index in [1.807, 2.05) is 30.3 Å². The zero-order chi connectivity index (χ0) is 25.1. The molecule has 5 aromatic rings. The summed E-state index contributed by atoms with van der Waals surface area (Å²) in [5, 5.41) is 7.10. The van der Waals surface area contributed by atoms with Crippen molar-refractivity contribution in [2.75, 3.05) is 5.32 Å². The molecule has 0 saturated carbocycles. The molecule has 3 aromatic heterocycles. The lowest BCUT2D eigenvalue weighted by Crippen LogP contribution is -2.19. The summed E-state index contributed by atoms with van der Waals surface area (Å²) in [7, 11) is 0. The first-order chi connectivity index (χ1) is 17.5. The van der Waals surface area contributed by atoms with Gasteiger partial charge >= 0.3 is 0 Å². The number of aromatic nitrogens is 3. The summed E-state index contributed by atoms with van der Waals surface area (Å²) >= 11 is 0. The Morgan fingerprint density at radius 3 is 2.58 bits per heavy atom. The van der Waals surface area contributed by atoms with Gasteiger partial charge in [0.2, 0.25) is 0 Å². The van der Waals surface area contributed by atoms with E-state index >= 15 is 0 Å². The van der Waals surface area contributed by atoms with Gasteiger partial charge in [-0.05, 0) is 42.8 Å². The van der Waals surface area contributed by atoms with Gasteiger partial charge in [0, 0.05) is 46.2 Å². The van der Waals surface area contributed by atoms with Crippen molar-refractivity contribution < 1.29 is 14.1 Å². The summed E-state index contributed by atoms with van der Waals surface area (Å²) in [4.78, 5) is 46.0. The first-order valence-corrected chi connectivity index (χ1v) is 11.1. The van der Waals surface area contributed by atoms with Crippen LogP contribution in [-0.4, -0.2) is 26.8 Å². The number of allylic oxidation sites excluding steroid dienone is 1. The Kier molecular flexibility index (Phi) is 6.07. The molecular weight excluding hydrogens is 456 g/mol. The van der Waals surface area contributed by atoms with Gasteiger partial charge in [0.05, 0.1) is 5.56 Å². The molecule has 0 radical (unpaired) electrons. The molecule has 2 N–H and O–H groups in total. The zero-order valence-electron chi connectivity index (χ0n) is 19.2. The molecule has 5 rings (SSSR count). The summed E-state index contributed by atoms with van der Waals surface area (Å²) in [6.07, 6.45) is 6.25. The van der Waals surface area contributed by atoms with E-state index in [9.17, 15) is 14.4 Å². The topological polar surface area (TPSA) is 118 Å². The molecule has 0 fully saturated rings. The molecule has 0 spiro atoms. The van der Waals surface area contributed by atoms with Gasteiger partial charge < -0.3 is 14.8 Å². The number of aromatic amines is 1. The van der Waals surface area contributed by atoms with Crippen LogP contribution in [0.4, 0.5) is 5.69 Å². The van der Waals surface area contributed by atoms with Gasteiger partial charge in [0.1, 0.15) is 5.76 Å². The predicted octanol–water partition coefficient (Wildman–Crippen LogP) is 5.03. The summed E-state index contributed by atoms with van der Waals surface area (Å²) in [6, 6.07) is 19.4. The lowest BCUT2D eigenvalue weighted by Gasteiger charge is -2.13. The fourth-order valence-corrected chi connectivity index (χ4v) is 3.90. The van der Waals surface area contributed by atoms with Crippen LogP contribution in [0.5, 0.6) is 0 Å². The third-order valence-corrected chi connectivity index (χ3v) is 5.56. The van der Waals surface area contributed by atoms with Crippen LogP contribution in [0.3, 0.4) is 0 Å². The highest BCUT2D eigenvalue weighted by atomic mass is 16.5. The van der Waals surface area contributed by atoms with Crippen LogP contribution in [0.2, 0.25) is 0 Å². The predicted molar refractivity (Wildman–Crippen MR) is 137 cm³/mol. The average molecular weight is 476 g/mol. The van der Waals surface area contributed by atoms with Crippen LogP contribution in [0, 0.1) is 6.92 Å². The van der Waals surface area contributed by atoms with Gasteiger partial charge in [-0.2, -0.15) is 0 Å². The number of fused-ring (bicyclic) bond motifs is 1. The number of hydrogen-bond donors (Lipinski definition) is 2. The fourth-order valence-electron chi connectivity index (χ4n) is 3.90. The maximum absolute atomic E-state index is 13.3. The number of carbonyl (C=O) groups is 2. The van der Waals surface area contributed by atoms with Crippen LogP contribution in [-0.2, 0) is 0 Å². The second kappa shape index (κ2) is 9.63. The average Bonchev–Trinajstić information content (AvgIpc) is 3.34. The van der Waals surface area contributed by atoms with Crippen LogP contribution in [0.15, 0.2) is 94.5 Å². The third kappa shape index (κ3) is 4.60. The van der Waals surface area contributed by atoms with Gasteiger partial charge in [-0.1, -0.05) is 47.6 Å². The van der Waals surface area contributed by atoms with Crippen LogP contribution >= 0.6 is 0 Å². The van der Waals surface area contributed by atoms with E-state index in [0.717, 1.165) is 5.56 Å². The van der Waals surface area contributed by atoms with E-state index < -0.39 is 17.2 Å². The third-order valence-electron chi connectivity index (χ3n) is 5.56. The Bertz CT molecular complexity index is 1670. The van der Waals surface area contributed by atoms with Crippen molar-refractivity contribution in [2.45, 2.75) is 6.92 Å². The molecule has 36 heavy (non-hydrogen) atoms. The van der Waals surface area contributed by atoms with Gasteiger partial charge in [-0.15, -0.1) is 0 Å². The number of hydrogen-bond acceptors (Lipinski definition) is 6. The Labute approximate surface area is 205 Å². The minimum absolute atomic E-state index is 0.0155. The number of benzene rings is 2. The number of rotatable bonds is 6. The van der Waals surface area contributed by atoms with Crippen molar-refractivity contribution in [3.63, 3.8) is 0 Å². The van der Waals surface area contributed by atoms with E-state index in [2.05, 4.69) is 20.4 Å². The first-order valence-electron chi connectivity index (χ1n) is 11.1. The number of amides is 1. The largest absolute Gasteiger partial charge is 0.361 e. The lowest BCUT2D eigenvalue weighted by molar-refractivity contribution is 0.101. The lowest BCUT2D eigenvalue weighted by atomic mass is 9.94. The summed E-state index contributed by atoms with van der Waals surface area (Å²) in [5.74, 6) is -0.379. The molecule has 0 aliphatic heterocycles. The normalized spacial score (nSPS) is 11.1. The zero-order valence-corrected chi connectivity index (χ0v) is 19.2. The molecule has 8 nitrogen and oxygen atoms in total. The van der Waals surface area contributed by atoms with Gasteiger partial charge in [-0.3, -0.25) is 19.4 Å². The second-order valence-electron chi connectivity index (χ2n) is 8.09. The van der Waals surface area contributed by atoms with Crippen LogP contribution in [0.1, 0.15) is 32.2 Å². The highest BCUT2D eigenvalue weighted by Gasteiger charge is 2.20. The second-order valence-corrected chi connectivity index (χ2v) is 8.09. The SMILES string of the molecule is Cc1cc(C(=O)Nc2ccc3[nH]c(=O)c(C(=O)/C=C/c4ccccc4)c(-c4cccnc4)c3c2)no1. The van der Waals surface area contributed by atoms with Crippen molar-refractivity contribution in [1.82, 2.24) is 15.1 Å². The summed E-state index contributed by atoms with van der Waals surface area (Å²) in [5.41, 5.74) is 2.44. The van der Waals surface area contributed by atoms with Crippen molar-refractivity contribution in [1.29, 1.82) is 0 Å². The molecule has 8 heteroatoms. The van der Waals surface area contributed by atoms with Crippen molar-refractivity contribution in [3.8, 4) is 11.1 Å². The molecule has 1 amide bonds. The molecular formula is C28H20N4O4. The number of anilines is 1. The highest BCUT2D eigenvalue weighted by Crippen LogP contribution is 2.31. The number of nitrogens with zero attached hydrogens (tertiary/aromatic N) is 2. The maximum Gasteiger partial charge on any atom is 0.277 e. The minimum Gasteiger partial charge on any atom is -0.361 e. The monoisotopic (exact) mass is 476 g/mol. The molecule has 176 valence electrons. The van der Waals surface area contributed by atoms with Crippen molar-refractivity contribution in [3.05, 3.63) is 118 Å². The standard InChI is InChI=1S/C28H20N4O4/c1-17-14-23(32-36-17)27(34)30-20-10-11-22-21(15-20)25(19-8-5-13-29-16-19)26(28(35)31-22)24(33)12-9-18-6-3-2-4-7-18/h2-16H,1H3,(H,30,34)(H,31,35)/b12-9+. The van der Waals surface area contributed by atoms with Crippen LogP contribution in [0.25, 0.3) is 28.1 Å². The quantitative estimate of drug-likeness (QED) is 0.262. The number of aryl methyl sites for hydroxylation is 1.